The van der Waals surface area contributed by atoms with Gasteiger partial charge in [-0.05, 0) is 42.8 Å². The van der Waals surface area contributed by atoms with Crippen molar-refractivity contribution in [3.8, 4) is 0 Å². The lowest BCUT2D eigenvalue weighted by Gasteiger charge is -2.29. The molecule has 1 aliphatic heterocycles. The molecule has 2 heterocycles. The van der Waals surface area contributed by atoms with Crippen LogP contribution in [0.1, 0.15) is 18.2 Å². The molecule has 28 heavy (non-hydrogen) atoms. The Morgan fingerprint density at radius 3 is 2.96 bits per heavy atom. The van der Waals surface area contributed by atoms with Crippen LogP contribution >= 0.6 is 11.8 Å². The van der Waals surface area contributed by atoms with E-state index in [-0.39, 0.29) is 0 Å². The van der Waals surface area contributed by atoms with E-state index in [9.17, 15) is 9.90 Å². The number of furan rings is 1. The van der Waals surface area contributed by atoms with Crippen molar-refractivity contribution in [1.29, 1.82) is 0 Å². The summed E-state index contributed by atoms with van der Waals surface area (Å²) in [5, 5.41) is 10.3. The summed E-state index contributed by atoms with van der Waals surface area (Å²) < 4.78 is 11.4. The number of rotatable bonds is 7. The van der Waals surface area contributed by atoms with Gasteiger partial charge < -0.3 is 19.2 Å². The van der Waals surface area contributed by atoms with Gasteiger partial charge >= 0.3 is 5.97 Å². The molecule has 0 saturated carbocycles. The number of carboxylic acid groups (broad SMARTS) is 1. The van der Waals surface area contributed by atoms with E-state index in [4.69, 9.17) is 9.15 Å². The molecule has 0 amide bonds. The van der Waals surface area contributed by atoms with E-state index in [0.717, 1.165) is 41.1 Å². The van der Waals surface area contributed by atoms with Gasteiger partial charge in [-0.25, -0.2) is 4.79 Å². The molecular weight excluding hydrogens is 374 g/mol. The Morgan fingerprint density at radius 1 is 1.29 bits per heavy atom. The minimum atomic E-state index is -0.934. The van der Waals surface area contributed by atoms with Crippen LogP contribution in [-0.4, -0.2) is 36.1 Å². The number of carbonyl (C=O) groups is 1. The molecule has 0 saturated heterocycles. The zero-order valence-corrected chi connectivity index (χ0v) is 16.6. The molecule has 0 radical (unpaired) electrons. The van der Waals surface area contributed by atoms with Crippen LogP contribution in [0.15, 0.2) is 57.8 Å². The first-order valence-corrected chi connectivity index (χ1v) is 10.4. The lowest BCUT2D eigenvalue weighted by molar-refractivity contribution is -0.149. The molecule has 2 aromatic carbocycles. The number of para-hydroxylation sites is 1. The summed E-state index contributed by atoms with van der Waals surface area (Å²) in [6.07, 6.45) is -0.479. The van der Waals surface area contributed by atoms with Crippen LogP contribution in [0.3, 0.4) is 0 Å². The van der Waals surface area contributed by atoms with Crippen LogP contribution in [0.25, 0.3) is 11.0 Å². The Bertz CT molecular complexity index is 984. The number of benzene rings is 2. The van der Waals surface area contributed by atoms with Gasteiger partial charge in [0.15, 0.2) is 6.10 Å². The second-order valence-corrected chi connectivity index (χ2v) is 7.95. The lowest BCUT2D eigenvalue weighted by Crippen LogP contribution is -2.28. The maximum Gasteiger partial charge on any atom is 0.333 e. The van der Waals surface area contributed by atoms with Gasteiger partial charge in [0.05, 0.1) is 12.2 Å². The lowest BCUT2D eigenvalue weighted by atomic mass is 10.1. The Labute approximate surface area is 168 Å². The van der Waals surface area contributed by atoms with E-state index in [2.05, 4.69) is 35.2 Å². The van der Waals surface area contributed by atoms with Crippen LogP contribution in [0.2, 0.25) is 0 Å². The fourth-order valence-corrected chi connectivity index (χ4v) is 4.62. The minimum absolute atomic E-state index is 0.344. The summed E-state index contributed by atoms with van der Waals surface area (Å²) in [6.45, 7) is 3.89. The van der Waals surface area contributed by atoms with E-state index in [1.165, 1.54) is 10.6 Å². The van der Waals surface area contributed by atoms with E-state index in [0.29, 0.717) is 13.0 Å². The van der Waals surface area contributed by atoms with Crippen molar-refractivity contribution in [3.63, 3.8) is 0 Å². The van der Waals surface area contributed by atoms with Crippen molar-refractivity contribution in [1.82, 2.24) is 0 Å². The fraction of sp³-hybridized carbons (Fsp3) is 0.318. The molecule has 1 atom stereocenters. The third-order valence-corrected chi connectivity index (χ3v) is 5.91. The van der Waals surface area contributed by atoms with Gasteiger partial charge in [0.2, 0.25) is 0 Å². The zero-order chi connectivity index (χ0) is 19.5. The highest BCUT2D eigenvalue weighted by Gasteiger charge is 2.20. The van der Waals surface area contributed by atoms with Crippen LogP contribution in [0, 0.1) is 0 Å². The Balaban J connectivity index is 1.53. The quantitative estimate of drug-likeness (QED) is 0.630. The van der Waals surface area contributed by atoms with Crippen molar-refractivity contribution in [3.05, 3.63) is 59.9 Å². The predicted octanol–water partition coefficient (Wildman–Crippen LogP) is 4.58. The first kappa shape index (κ1) is 18.9. The highest BCUT2D eigenvalue weighted by Crippen LogP contribution is 2.35. The van der Waals surface area contributed by atoms with E-state index >= 15 is 0 Å². The third kappa shape index (κ3) is 4.03. The topological polar surface area (TPSA) is 62.9 Å². The molecule has 1 aliphatic rings. The fourth-order valence-electron chi connectivity index (χ4n) is 3.56. The Hall–Kier alpha value is -2.44. The van der Waals surface area contributed by atoms with E-state index in [1.807, 2.05) is 30.0 Å². The molecule has 6 heteroatoms. The van der Waals surface area contributed by atoms with Crippen LogP contribution in [-0.2, 0) is 22.5 Å². The first-order valence-electron chi connectivity index (χ1n) is 9.46. The molecule has 0 aliphatic carbocycles. The summed E-state index contributed by atoms with van der Waals surface area (Å²) >= 11 is 1.89. The second-order valence-electron chi connectivity index (χ2n) is 6.81. The Kier molecular flexibility index (Phi) is 5.59. The number of hydrogen-bond donors (Lipinski definition) is 1. The molecule has 1 N–H and O–H groups in total. The maximum atomic E-state index is 11.3. The number of hydrogen-bond acceptors (Lipinski definition) is 5. The summed E-state index contributed by atoms with van der Waals surface area (Å²) in [7, 11) is 0. The first-order chi connectivity index (χ1) is 13.6. The number of aliphatic carboxylic acids is 1. The Morgan fingerprint density at radius 2 is 2.14 bits per heavy atom. The van der Waals surface area contributed by atoms with E-state index < -0.39 is 12.1 Å². The summed E-state index contributed by atoms with van der Waals surface area (Å²) in [6, 6.07) is 16.3. The van der Waals surface area contributed by atoms with Crippen molar-refractivity contribution in [2.75, 3.05) is 23.8 Å². The standard InChI is InChI=1S/C22H23NO4S/c1-2-26-20(22(24)25)12-15-7-8-19-16(11-15)13-17(27-19)14-23-9-10-28-21-6-4-3-5-18(21)23/h3-8,11,13,20H,2,9-10,12,14H2,1H3,(H,24,25). The number of thioether (sulfide) groups is 1. The smallest absolute Gasteiger partial charge is 0.333 e. The number of nitrogens with zero attached hydrogens (tertiary/aromatic N) is 1. The molecule has 0 bridgehead atoms. The molecule has 0 fully saturated rings. The van der Waals surface area contributed by atoms with Gasteiger partial charge in [0.1, 0.15) is 11.3 Å². The molecule has 5 nitrogen and oxygen atoms in total. The molecule has 146 valence electrons. The summed E-state index contributed by atoms with van der Waals surface area (Å²) in [4.78, 5) is 15.0. The maximum absolute atomic E-state index is 11.3. The third-order valence-electron chi connectivity index (χ3n) is 4.87. The SMILES string of the molecule is CCOC(Cc1ccc2oc(CN3CCSc4ccccc43)cc2c1)C(=O)O. The number of fused-ring (bicyclic) bond motifs is 2. The van der Waals surface area contributed by atoms with Gasteiger partial charge in [-0.15, -0.1) is 11.8 Å². The van der Waals surface area contributed by atoms with Crippen molar-refractivity contribution < 1.29 is 19.1 Å². The molecule has 4 rings (SSSR count). The molecule has 1 aromatic heterocycles. The highest BCUT2D eigenvalue weighted by atomic mass is 32.2. The minimum Gasteiger partial charge on any atom is -0.479 e. The average Bonchev–Trinajstić information content (AvgIpc) is 3.09. The van der Waals surface area contributed by atoms with Gasteiger partial charge in [-0.1, -0.05) is 18.2 Å². The van der Waals surface area contributed by atoms with Crippen LogP contribution < -0.4 is 4.90 Å². The van der Waals surface area contributed by atoms with Crippen molar-refractivity contribution >= 4 is 34.4 Å². The van der Waals surface area contributed by atoms with Crippen molar-refractivity contribution in [2.24, 2.45) is 0 Å². The molecule has 0 spiro atoms. The predicted molar refractivity (Wildman–Crippen MR) is 111 cm³/mol. The van der Waals surface area contributed by atoms with E-state index in [1.54, 1.807) is 6.92 Å². The van der Waals surface area contributed by atoms with Crippen LogP contribution in [0.5, 0.6) is 0 Å². The molecule has 1 unspecified atom stereocenters. The summed E-state index contributed by atoms with van der Waals surface area (Å²) in [5.41, 5.74) is 3.00. The monoisotopic (exact) mass is 397 g/mol. The van der Waals surface area contributed by atoms with Crippen molar-refractivity contribution in [2.45, 2.75) is 30.9 Å². The van der Waals surface area contributed by atoms with Gasteiger partial charge in [-0.3, -0.25) is 0 Å². The number of ether oxygens (including phenoxy) is 1. The summed E-state index contributed by atoms with van der Waals surface area (Å²) in [5.74, 6) is 1.04. The number of carboxylic acids is 1. The molecular formula is C22H23NO4S. The van der Waals surface area contributed by atoms with Crippen LogP contribution in [0.4, 0.5) is 5.69 Å². The largest absolute Gasteiger partial charge is 0.479 e. The molecule has 3 aromatic rings. The highest BCUT2D eigenvalue weighted by molar-refractivity contribution is 7.99. The second kappa shape index (κ2) is 8.29. The zero-order valence-electron chi connectivity index (χ0n) is 15.8. The van der Waals surface area contributed by atoms with Gasteiger partial charge in [0, 0.05) is 35.6 Å². The number of anilines is 1. The average molecular weight is 397 g/mol. The van der Waals surface area contributed by atoms with Gasteiger partial charge in [0.25, 0.3) is 0 Å². The van der Waals surface area contributed by atoms with Gasteiger partial charge in [-0.2, -0.15) is 0 Å². The normalized spacial score (nSPS) is 14.8.